The van der Waals surface area contributed by atoms with Crippen LogP contribution in [0.2, 0.25) is 0 Å². The second-order valence-corrected chi connectivity index (χ2v) is 5.84. The van der Waals surface area contributed by atoms with Gasteiger partial charge in [-0.3, -0.25) is 4.79 Å². The van der Waals surface area contributed by atoms with E-state index in [0.717, 1.165) is 12.8 Å². The van der Waals surface area contributed by atoms with Crippen LogP contribution in [-0.4, -0.2) is 53.9 Å². The van der Waals surface area contributed by atoms with Crippen LogP contribution in [0.1, 0.15) is 25.7 Å². The molecule has 0 spiro atoms. The maximum absolute atomic E-state index is 11.7. The molecule has 1 saturated heterocycles. The molecule has 0 radical (unpaired) electrons. The molecule has 0 aromatic carbocycles. The van der Waals surface area contributed by atoms with Gasteiger partial charge in [0.1, 0.15) is 0 Å². The lowest BCUT2D eigenvalue weighted by molar-refractivity contribution is -0.134. The molecule has 1 heterocycles. The number of rotatable bonds is 6. The first-order valence-electron chi connectivity index (χ1n) is 5.29. The molecule has 1 unspecified atom stereocenters. The van der Waals surface area contributed by atoms with Gasteiger partial charge in [0.2, 0.25) is 10.0 Å². The predicted molar refractivity (Wildman–Crippen MR) is 57.5 cm³/mol. The van der Waals surface area contributed by atoms with Crippen LogP contribution in [0, 0.1) is 0 Å². The van der Waals surface area contributed by atoms with Crippen LogP contribution in [0.5, 0.6) is 0 Å². The Labute approximate surface area is 94.9 Å². The van der Waals surface area contributed by atoms with Crippen molar-refractivity contribution in [2.24, 2.45) is 0 Å². The second kappa shape index (κ2) is 5.60. The van der Waals surface area contributed by atoms with Gasteiger partial charge >= 0.3 is 5.97 Å². The molecule has 6 nitrogen and oxygen atoms in total. The third-order valence-electron chi connectivity index (χ3n) is 2.68. The predicted octanol–water partition coefficient (Wildman–Crippen LogP) is -0.362. The summed E-state index contributed by atoms with van der Waals surface area (Å²) < 4.78 is 24.7. The number of nitrogens with zero attached hydrogens (tertiary/aromatic N) is 1. The second-order valence-electron chi connectivity index (χ2n) is 3.92. The summed E-state index contributed by atoms with van der Waals surface area (Å²) in [5.41, 5.74) is 0. The van der Waals surface area contributed by atoms with Crippen LogP contribution >= 0.6 is 0 Å². The van der Waals surface area contributed by atoms with E-state index in [1.54, 1.807) is 0 Å². The van der Waals surface area contributed by atoms with Gasteiger partial charge in [-0.05, 0) is 25.7 Å². The third-order valence-corrected chi connectivity index (χ3v) is 4.49. The molecular formula is C9H17NO5S. The fourth-order valence-electron chi connectivity index (χ4n) is 2.03. The third kappa shape index (κ3) is 3.43. The van der Waals surface area contributed by atoms with Crippen LogP contribution < -0.4 is 0 Å². The van der Waals surface area contributed by atoms with E-state index < -0.39 is 21.7 Å². The molecule has 0 aromatic heterocycles. The van der Waals surface area contributed by atoms with E-state index in [0.29, 0.717) is 19.4 Å². The fraction of sp³-hybridized carbons (Fsp3) is 0.889. The van der Waals surface area contributed by atoms with Crippen LogP contribution in [0.4, 0.5) is 0 Å². The minimum atomic E-state index is -3.69. The van der Waals surface area contributed by atoms with Gasteiger partial charge in [-0.15, -0.1) is 0 Å². The zero-order chi connectivity index (χ0) is 12.2. The molecular weight excluding hydrogens is 234 g/mol. The Hall–Kier alpha value is -0.660. The topological polar surface area (TPSA) is 94.9 Å². The normalized spacial score (nSPS) is 22.4. The Morgan fingerprint density at radius 1 is 1.44 bits per heavy atom. The first kappa shape index (κ1) is 13.4. The first-order valence-corrected chi connectivity index (χ1v) is 6.90. The molecule has 7 heteroatoms. The number of aliphatic carboxylic acids is 1. The minimum absolute atomic E-state index is 0.0311. The number of carbonyl (C=O) groups is 1. The minimum Gasteiger partial charge on any atom is -0.480 e. The summed E-state index contributed by atoms with van der Waals surface area (Å²) in [6.45, 7) is 0.426. The van der Waals surface area contributed by atoms with Crippen LogP contribution in [0.3, 0.4) is 0 Å². The van der Waals surface area contributed by atoms with Gasteiger partial charge in [0.05, 0.1) is 0 Å². The summed E-state index contributed by atoms with van der Waals surface area (Å²) in [6.07, 6.45) is 2.65. The molecule has 0 saturated carbocycles. The van der Waals surface area contributed by atoms with Crippen molar-refractivity contribution in [3.8, 4) is 0 Å². The molecule has 0 aliphatic carbocycles. The lowest BCUT2D eigenvalue weighted by Crippen LogP contribution is -2.39. The number of aliphatic hydroxyl groups is 1. The zero-order valence-corrected chi connectivity index (χ0v) is 9.82. The van der Waals surface area contributed by atoms with E-state index in [2.05, 4.69) is 0 Å². The van der Waals surface area contributed by atoms with E-state index in [4.69, 9.17) is 10.2 Å². The Kier molecular flexibility index (Phi) is 4.69. The van der Waals surface area contributed by atoms with Crippen molar-refractivity contribution in [1.82, 2.24) is 4.31 Å². The number of carboxylic acids is 1. The fourth-order valence-corrected chi connectivity index (χ4v) is 3.58. The maximum Gasteiger partial charge on any atom is 0.320 e. The van der Waals surface area contributed by atoms with Crippen molar-refractivity contribution in [2.45, 2.75) is 31.7 Å². The molecule has 94 valence electrons. The highest BCUT2D eigenvalue weighted by Gasteiger charge is 2.34. The maximum atomic E-state index is 11.7. The molecule has 0 amide bonds. The van der Waals surface area contributed by atoms with Gasteiger partial charge in [0.15, 0.2) is 5.75 Å². The van der Waals surface area contributed by atoms with Gasteiger partial charge in [0, 0.05) is 19.2 Å². The van der Waals surface area contributed by atoms with Gasteiger partial charge in [-0.2, -0.15) is 4.31 Å². The van der Waals surface area contributed by atoms with Crippen LogP contribution in [0.25, 0.3) is 0 Å². The summed E-state index contributed by atoms with van der Waals surface area (Å²) >= 11 is 0. The molecule has 0 bridgehead atoms. The summed E-state index contributed by atoms with van der Waals surface area (Å²) in [6, 6.07) is -0.142. The van der Waals surface area contributed by atoms with E-state index in [1.165, 1.54) is 4.31 Å². The van der Waals surface area contributed by atoms with Crippen molar-refractivity contribution < 1.29 is 23.4 Å². The highest BCUT2D eigenvalue weighted by Crippen LogP contribution is 2.24. The summed E-state index contributed by atoms with van der Waals surface area (Å²) in [5, 5.41) is 17.2. The first-order chi connectivity index (χ1) is 7.47. The monoisotopic (exact) mass is 251 g/mol. The van der Waals surface area contributed by atoms with Gasteiger partial charge < -0.3 is 10.2 Å². The lowest BCUT2D eigenvalue weighted by atomic mass is 10.1. The number of carboxylic acid groups (broad SMARTS) is 1. The van der Waals surface area contributed by atoms with Gasteiger partial charge in [-0.1, -0.05) is 0 Å². The average Bonchev–Trinajstić information content (AvgIpc) is 2.61. The Morgan fingerprint density at radius 3 is 2.69 bits per heavy atom. The van der Waals surface area contributed by atoms with E-state index in [1.807, 2.05) is 0 Å². The van der Waals surface area contributed by atoms with Crippen LogP contribution in [-0.2, 0) is 14.8 Å². The Bertz CT molecular complexity index is 340. The van der Waals surface area contributed by atoms with Crippen molar-refractivity contribution >= 4 is 16.0 Å². The van der Waals surface area contributed by atoms with E-state index in [-0.39, 0.29) is 12.6 Å². The average molecular weight is 251 g/mol. The Balaban J connectivity index is 2.66. The van der Waals surface area contributed by atoms with Crippen LogP contribution in [0.15, 0.2) is 0 Å². The number of aliphatic hydroxyl groups excluding tert-OH is 1. The highest BCUT2D eigenvalue weighted by atomic mass is 32.2. The van der Waals surface area contributed by atoms with E-state index in [9.17, 15) is 13.2 Å². The van der Waals surface area contributed by atoms with Crippen molar-refractivity contribution in [2.75, 3.05) is 18.9 Å². The molecule has 1 fully saturated rings. The summed E-state index contributed by atoms with van der Waals surface area (Å²) in [5.74, 6) is -2.17. The number of hydrogen-bond acceptors (Lipinski definition) is 4. The molecule has 16 heavy (non-hydrogen) atoms. The van der Waals surface area contributed by atoms with Gasteiger partial charge in [0.25, 0.3) is 0 Å². The molecule has 0 aromatic rings. The van der Waals surface area contributed by atoms with Crippen molar-refractivity contribution in [1.29, 1.82) is 0 Å². The number of hydrogen-bond donors (Lipinski definition) is 2. The van der Waals surface area contributed by atoms with Crippen molar-refractivity contribution in [3.63, 3.8) is 0 Å². The van der Waals surface area contributed by atoms with Gasteiger partial charge in [-0.25, -0.2) is 8.42 Å². The SMILES string of the molecule is O=C(O)CS(=O)(=O)N1CCCC1CCCO. The zero-order valence-electron chi connectivity index (χ0n) is 9.00. The summed E-state index contributed by atoms with van der Waals surface area (Å²) in [4.78, 5) is 10.4. The van der Waals surface area contributed by atoms with E-state index >= 15 is 0 Å². The standard InChI is InChI=1S/C9H17NO5S/c11-6-2-4-8-3-1-5-10(8)16(14,15)7-9(12)13/h8,11H,1-7H2,(H,12,13). The highest BCUT2D eigenvalue weighted by molar-refractivity contribution is 7.89. The largest absolute Gasteiger partial charge is 0.480 e. The summed E-state index contributed by atoms with van der Waals surface area (Å²) in [7, 11) is -3.69. The molecule has 1 atom stereocenters. The lowest BCUT2D eigenvalue weighted by Gasteiger charge is -2.22. The molecule has 2 N–H and O–H groups in total. The number of sulfonamides is 1. The molecule has 1 rings (SSSR count). The quantitative estimate of drug-likeness (QED) is 0.672. The molecule has 1 aliphatic rings. The smallest absolute Gasteiger partial charge is 0.320 e. The molecule has 1 aliphatic heterocycles. The Morgan fingerprint density at radius 2 is 2.12 bits per heavy atom. The van der Waals surface area contributed by atoms with Crippen molar-refractivity contribution in [3.05, 3.63) is 0 Å².